The van der Waals surface area contributed by atoms with Crippen LogP contribution in [0.1, 0.15) is 29.1 Å². The number of amides is 1. The van der Waals surface area contributed by atoms with Gasteiger partial charge >= 0.3 is 0 Å². The Morgan fingerprint density at radius 1 is 1.22 bits per heavy atom. The molecule has 0 N–H and O–H groups in total. The van der Waals surface area contributed by atoms with E-state index in [1.807, 2.05) is 37.3 Å². The van der Waals surface area contributed by atoms with Gasteiger partial charge in [0.1, 0.15) is 17.2 Å². The molecule has 0 saturated heterocycles. The number of fused-ring (bicyclic) bond motifs is 1. The van der Waals surface area contributed by atoms with E-state index in [0.29, 0.717) is 10.2 Å². The lowest BCUT2D eigenvalue weighted by molar-refractivity contribution is 0.0726. The van der Waals surface area contributed by atoms with Crippen LogP contribution in [0.4, 0.5) is 4.39 Å². The Morgan fingerprint density at radius 3 is 2.70 bits per heavy atom. The van der Waals surface area contributed by atoms with Crippen molar-refractivity contribution in [3.05, 3.63) is 70.1 Å². The van der Waals surface area contributed by atoms with Crippen LogP contribution in [0.25, 0.3) is 11.0 Å². The maximum Gasteiger partial charge on any atom is 0.255 e. The van der Waals surface area contributed by atoms with Gasteiger partial charge in [0.15, 0.2) is 0 Å². The van der Waals surface area contributed by atoms with Gasteiger partial charge in [0.2, 0.25) is 0 Å². The number of furan rings is 1. The first kappa shape index (κ1) is 15.7. The summed E-state index contributed by atoms with van der Waals surface area (Å²) in [5.74, 6) is -0.0275. The van der Waals surface area contributed by atoms with Crippen molar-refractivity contribution in [2.24, 2.45) is 0 Å². The number of hydrogen-bond donors (Lipinski definition) is 0. The Balaban J connectivity index is 1.90. The second-order valence-electron chi connectivity index (χ2n) is 5.40. The minimum absolute atomic E-state index is 0.273. The summed E-state index contributed by atoms with van der Waals surface area (Å²) in [5, 5.41) is 0.988. The van der Waals surface area contributed by atoms with E-state index in [4.69, 9.17) is 4.42 Å². The molecule has 3 aromatic rings. The van der Waals surface area contributed by atoms with Crippen molar-refractivity contribution < 1.29 is 13.6 Å². The fourth-order valence-corrected chi connectivity index (χ4v) is 2.84. The van der Waals surface area contributed by atoms with Gasteiger partial charge in [-0.25, -0.2) is 4.39 Å². The fraction of sp³-hybridized carbons (Fsp3) is 0.167. The van der Waals surface area contributed by atoms with Gasteiger partial charge in [-0.2, -0.15) is 0 Å². The molecule has 1 amide bonds. The van der Waals surface area contributed by atoms with Crippen LogP contribution in [0.15, 0.2) is 57.4 Å². The van der Waals surface area contributed by atoms with Crippen molar-refractivity contribution in [1.82, 2.24) is 4.90 Å². The SMILES string of the molecule is CC(c1cc2ccccc2o1)N(C)C(=O)c1cc(F)ccc1Br. The molecule has 3 nitrogen and oxygen atoms in total. The molecule has 0 bridgehead atoms. The van der Waals surface area contributed by atoms with Crippen molar-refractivity contribution in [3.63, 3.8) is 0 Å². The van der Waals surface area contributed by atoms with E-state index in [1.54, 1.807) is 7.05 Å². The van der Waals surface area contributed by atoms with Gasteiger partial charge in [-0.1, -0.05) is 18.2 Å². The number of rotatable bonds is 3. The molecule has 0 aliphatic heterocycles. The molecule has 1 heterocycles. The molecular formula is C18H15BrFNO2. The molecule has 5 heteroatoms. The van der Waals surface area contributed by atoms with Crippen molar-refractivity contribution >= 4 is 32.8 Å². The number of nitrogens with zero attached hydrogens (tertiary/aromatic N) is 1. The highest BCUT2D eigenvalue weighted by molar-refractivity contribution is 9.10. The van der Waals surface area contributed by atoms with E-state index in [9.17, 15) is 9.18 Å². The Labute approximate surface area is 141 Å². The molecular weight excluding hydrogens is 361 g/mol. The summed E-state index contributed by atoms with van der Waals surface area (Å²) in [4.78, 5) is 14.2. The van der Waals surface area contributed by atoms with Crippen LogP contribution < -0.4 is 0 Å². The van der Waals surface area contributed by atoms with Crippen LogP contribution in [0, 0.1) is 5.82 Å². The van der Waals surface area contributed by atoms with Crippen LogP contribution in [0.2, 0.25) is 0 Å². The lowest BCUT2D eigenvalue weighted by Crippen LogP contribution is -2.29. The molecule has 0 fully saturated rings. The Bertz CT molecular complexity index is 841. The van der Waals surface area contributed by atoms with Gasteiger partial charge in [-0.15, -0.1) is 0 Å². The molecule has 3 rings (SSSR count). The predicted octanol–water partition coefficient (Wildman–Crippen LogP) is 5.17. The highest BCUT2D eigenvalue weighted by Gasteiger charge is 2.23. The van der Waals surface area contributed by atoms with Crippen molar-refractivity contribution in [3.8, 4) is 0 Å². The summed E-state index contributed by atoms with van der Waals surface area (Å²) in [6.07, 6.45) is 0. The van der Waals surface area contributed by atoms with E-state index in [1.165, 1.54) is 23.1 Å². The van der Waals surface area contributed by atoms with E-state index < -0.39 is 5.82 Å². The van der Waals surface area contributed by atoms with E-state index >= 15 is 0 Å². The third kappa shape index (κ3) is 3.01. The van der Waals surface area contributed by atoms with Crippen LogP contribution in [-0.4, -0.2) is 17.9 Å². The van der Waals surface area contributed by atoms with Gasteiger partial charge in [-0.05, 0) is 53.2 Å². The van der Waals surface area contributed by atoms with Crippen LogP contribution >= 0.6 is 15.9 Å². The molecule has 23 heavy (non-hydrogen) atoms. The first-order valence-corrected chi connectivity index (χ1v) is 7.97. The highest BCUT2D eigenvalue weighted by Crippen LogP contribution is 2.28. The summed E-state index contributed by atoms with van der Waals surface area (Å²) in [6, 6.07) is 13.4. The Kier molecular flexibility index (Phi) is 4.22. The summed E-state index contributed by atoms with van der Waals surface area (Å²) in [7, 11) is 1.68. The molecule has 1 atom stereocenters. The number of benzene rings is 2. The van der Waals surface area contributed by atoms with Gasteiger partial charge in [0, 0.05) is 16.9 Å². The second kappa shape index (κ2) is 6.16. The van der Waals surface area contributed by atoms with Crippen molar-refractivity contribution in [2.45, 2.75) is 13.0 Å². The third-order valence-corrected chi connectivity index (χ3v) is 4.61. The molecule has 1 aromatic heterocycles. The number of halogens is 2. The molecule has 0 saturated carbocycles. The quantitative estimate of drug-likeness (QED) is 0.632. The maximum atomic E-state index is 13.4. The fourth-order valence-electron chi connectivity index (χ4n) is 2.43. The summed E-state index contributed by atoms with van der Waals surface area (Å²) >= 11 is 3.30. The number of carbonyl (C=O) groups excluding carboxylic acids is 1. The lowest BCUT2D eigenvalue weighted by Gasteiger charge is -2.23. The average Bonchev–Trinajstić information content (AvgIpc) is 2.99. The van der Waals surface area contributed by atoms with Gasteiger partial charge in [-0.3, -0.25) is 4.79 Å². The van der Waals surface area contributed by atoms with Crippen molar-refractivity contribution in [1.29, 1.82) is 0 Å². The molecule has 1 unspecified atom stereocenters. The molecule has 2 aromatic carbocycles. The van der Waals surface area contributed by atoms with E-state index in [0.717, 1.165) is 11.0 Å². The van der Waals surface area contributed by atoms with E-state index in [2.05, 4.69) is 15.9 Å². The monoisotopic (exact) mass is 375 g/mol. The second-order valence-corrected chi connectivity index (χ2v) is 6.26. The predicted molar refractivity (Wildman–Crippen MR) is 90.8 cm³/mol. The van der Waals surface area contributed by atoms with Crippen molar-refractivity contribution in [2.75, 3.05) is 7.05 Å². The molecule has 0 radical (unpaired) electrons. The molecule has 0 aliphatic rings. The smallest absolute Gasteiger partial charge is 0.255 e. The standard InChI is InChI=1S/C18H15BrFNO2/c1-11(17-9-12-5-3-4-6-16(12)23-17)21(2)18(22)14-10-13(20)7-8-15(14)19/h3-11H,1-2H3. The van der Waals surface area contributed by atoms with Crippen LogP contribution in [0.5, 0.6) is 0 Å². The zero-order valence-corrected chi connectivity index (χ0v) is 14.3. The van der Waals surface area contributed by atoms with Crippen LogP contribution in [0.3, 0.4) is 0 Å². The zero-order chi connectivity index (χ0) is 16.6. The third-order valence-electron chi connectivity index (χ3n) is 3.92. The van der Waals surface area contributed by atoms with Gasteiger partial charge in [0.05, 0.1) is 11.6 Å². The van der Waals surface area contributed by atoms with Gasteiger partial charge in [0.25, 0.3) is 5.91 Å². The highest BCUT2D eigenvalue weighted by atomic mass is 79.9. The lowest BCUT2D eigenvalue weighted by atomic mass is 10.1. The van der Waals surface area contributed by atoms with Crippen LogP contribution in [-0.2, 0) is 0 Å². The first-order valence-electron chi connectivity index (χ1n) is 7.18. The molecule has 0 aliphatic carbocycles. The summed E-state index contributed by atoms with van der Waals surface area (Å²) in [5.41, 5.74) is 1.07. The Hall–Kier alpha value is -2.14. The minimum atomic E-state index is -0.443. The number of carbonyl (C=O) groups is 1. The molecule has 118 valence electrons. The first-order chi connectivity index (χ1) is 11.0. The zero-order valence-electron chi connectivity index (χ0n) is 12.7. The molecule has 0 spiro atoms. The van der Waals surface area contributed by atoms with Gasteiger partial charge < -0.3 is 9.32 Å². The average molecular weight is 376 g/mol. The summed E-state index contributed by atoms with van der Waals surface area (Å²) < 4.78 is 19.8. The normalized spacial score (nSPS) is 12.3. The largest absolute Gasteiger partial charge is 0.459 e. The summed E-state index contributed by atoms with van der Waals surface area (Å²) in [6.45, 7) is 1.88. The Morgan fingerprint density at radius 2 is 1.96 bits per heavy atom. The minimum Gasteiger partial charge on any atom is -0.459 e. The number of para-hydroxylation sites is 1. The topological polar surface area (TPSA) is 33.5 Å². The maximum absolute atomic E-state index is 13.4. The number of hydrogen-bond acceptors (Lipinski definition) is 2. The van der Waals surface area contributed by atoms with E-state index in [-0.39, 0.29) is 17.5 Å².